The first kappa shape index (κ1) is 13.2. The van der Waals surface area contributed by atoms with Crippen molar-refractivity contribution in [3.63, 3.8) is 0 Å². The Morgan fingerprint density at radius 2 is 2.15 bits per heavy atom. The van der Waals surface area contributed by atoms with Gasteiger partial charge in [0.15, 0.2) is 11.6 Å². The zero-order valence-electron chi connectivity index (χ0n) is 11.0. The van der Waals surface area contributed by atoms with Crippen molar-refractivity contribution in [1.29, 1.82) is 0 Å². The highest BCUT2D eigenvalue weighted by molar-refractivity contribution is 6.31. The minimum atomic E-state index is -0.551. The molecule has 3 rings (SSSR count). The first-order chi connectivity index (χ1) is 9.67. The first-order valence-electron chi connectivity index (χ1n) is 6.43. The Balaban J connectivity index is 1.89. The smallest absolute Gasteiger partial charge is 0.183 e. The molecule has 1 aliphatic rings. The van der Waals surface area contributed by atoms with Crippen molar-refractivity contribution >= 4 is 17.3 Å². The van der Waals surface area contributed by atoms with Crippen LogP contribution >= 0.6 is 11.6 Å². The lowest BCUT2D eigenvalue weighted by Crippen LogP contribution is -2.01. The Morgan fingerprint density at radius 3 is 2.75 bits per heavy atom. The number of nitrogens with one attached hydrogen (secondary N) is 1. The van der Waals surface area contributed by atoms with Crippen molar-refractivity contribution in [3.05, 3.63) is 41.3 Å². The fraction of sp³-hybridized carbons (Fsp3) is 0.267. The molecule has 0 spiro atoms. The first-order valence-corrected chi connectivity index (χ1v) is 6.81. The minimum Gasteiger partial charge on any atom is -0.494 e. The highest BCUT2D eigenvalue weighted by atomic mass is 35.5. The molecule has 1 aliphatic carbocycles. The van der Waals surface area contributed by atoms with Crippen LogP contribution in [0.1, 0.15) is 12.8 Å². The molecule has 0 atom stereocenters. The van der Waals surface area contributed by atoms with Gasteiger partial charge in [0.2, 0.25) is 0 Å². The number of ether oxygens (including phenoxy) is 1. The summed E-state index contributed by atoms with van der Waals surface area (Å²) in [4.78, 5) is 4.38. The van der Waals surface area contributed by atoms with E-state index in [0.29, 0.717) is 6.04 Å². The monoisotopic (exact) mass is 292 g/mol. The van der Waals surface area contributed by atoms with Gasteiger partial charge in [0.1, 0.15) is 0 Å². The van der Waals surface area contributed by atoms with Gasteiger partial charge in [-0.05, 0) is 37.1 Å². The minimum absolute atomic E-state index is 0.0290. The third-order valence-corrected chi connectivity index (χ3v) is 3.50. The average molecular weight is 293 g/mol. The van der Waals surface area contributed by atoms with Crippen LogP contribution in [0, 0.1) is 5.82 Å². The maximum atomic E-state index is 13.6. The number of methoxy groups -OCH3 is 1. The van der Waals surface area contributed by atoms with Gasteiger partial charge in [-0.3, -0.25) is 4.98 Å². The van der Waals surface area contributed by atoms with Gasteiger partial charge in [0.25, 0.3) is 0 Å². The molecule has 1 heterocycles. The highest BCUT2D eigenvalue weighted by Gasteiger charge is 2.20. The normalized spacial score (nSPS) is 14.2. The molecule has 5 heteroatoms. The number of rotatable bonds is 4. The summed E-state index contributed by atoms with van der Waals surface area (Å²) in [5.74, 6) is -0.431. The Morgan fingerprint density at radius 1 is 1.35 bits per heavy atom. The molecule has 20 heavy (non-hydrogen) atoms. The van der Waals surface area contributed by atoms with E-state index < -0.39 is 5.82 Å². The van der Waals surface area contributed by atoms with Crippen molar-refractivity contribution < 1.29 is 9.13 Å². The lowest BCUT2D eigenvalue weighted by molar-refractivity contribution is 0.387. The molecule has 0 unspecified atom stereocenters. The molecule has 3 nitrogen and oxygen atoms in total. The fourth-order valence-corrected chi connectivity index (χ4v) is 2.18. The summed E-state index contributed by atoms with van der Waals surface area (Å²) >= 11 is 5.86. The van der Waals surface area contributed by atoms with Gasteiger partial charge in [0.05, 0.1) is 29.7 Å². The number of hydrogen-bond acceptors (Lipinski definition) is 3. The van der Waals surface area contributed by atoms with Gasteiger partial charge in [-0.15, -0.1) is 0 Å². The summed E-state index contributed by atoms with van der Waals surface area (Å²) in [5.41, 5.74) is 2.45. The SMILES string of the molecule is COc1cc(-c2ccc(NC3CC3)cn2)cc(Cl)c1F. The van der Waals surface area contributed by atoms with E-state index in [4.69, 9.17) is 16.3 Å². The van der Waals surface area contributed by atoms with Gasteiger partial charge in [-0.2, -0.15) is 0 Å². The lowest BCUT2D eigenvalue weighted by atomic mass is 10.1. The van der Waals surface area contributed by atoms with E-state index in [1.165, 1.54) is 20.0 Å². The number of halogens is 2. The van der Waals surface area contributed by atoms with E-state index in [9.17, 15) is 4.39 Å². The second-order valence-electron chi connectivity index (χ2n) is 4.83. The summed E-state index contributed by atoms with van der Waals surface area (Å²) in [7, 11) is 1.41. The summed E-state index contributed by atoms with van der Waals surface area (Å²) < 4.78 is 18.6. The molecule has 0 saturated heterocycles. The summed E-state index contributed by atoms with van der Waals surface area (Å²) in [6, 6.07) is 7.58. The fourth-order valence-electron chi connectivity index (χ4n) is 1.97. The molecule has 1 N–H and O–H groups in total. The van der Waals surface area contributed by atoms with E-state index in [-0.39, 0.29) is 10.8 Å². The number of benzene rings is 1. The van der Waals surface area contributed by atoms with Crippen LogP contribution in [0.15, 0.2) is 30.5 Å². The molecule has 0 aliphatic heterocycles. The van der Waals surface area contributed by atoms with Crippen LogP contribution in [-0.2, 0) is 0 Å². The summed E-state index contributed by atoms with van der Waals surface area (Å²) in [6.07, 6.45) is 4.20. The molecule has 1 aromatic carbocycles. The molecular weight excluding hydrogens is 279 g/mol. The van der Waals surface area contributed by atoms with Gasteiger partial charge in [-0.25, -0.2) is 4.39 Å². The summed E-state index contributed by atoms with van der Waals surface area (Å²) in [6.45, 7) is 0. The van der Waals surface area contributed by atoms with E-state index in [0.717, 1.165) is 16.9 Å². The van der Waals surface area contributed by atoms with Crippen LogP contribution < -0.4 is 10.1 Å². The van der Waals surface area contributed by atoms with E-state index >= 15 is 0 Å². The molecule has 1 aromatic heterocycles. The van der Waals surface area contributed by atoms with E-state index in [1.807, 2.05) is 12.1 Å². The zero-order valence-corrected chi connectivity index (χ0v) is 11.7. The Labute approximate surface area is 121 Å². The van der Waals surface area contributed by atoms with Crippen LogP contribution in [0.4, 0.5) is 10.1 Å². The molecule has 2 aromatic rings. The van der Waals surface area contributed by atoms with Crippen LogP contribution in [0.5, 0.6) is 5.75 Å². The van der Waals surface area contributed by atoms with Gasteiger partial charge in [-0.1, -0.05) is 11.6 Å². The van der Waals surface area contributed by atoms with Gasteiger partial charge < -0.3 is 10.1 Å². The largest absolute Gasteiger partial charge is 0.494 e. The Bertz CT molecular complexity index is 627. The number of hydrogen-bond donors (Lipinski definition) is 1. The predicted molar refractivity (Wildman–Crippen MR) is 77.8 cm³/mol. The molecule has 0 amide bonds. The highest BCUT2D eigenvalue weighted by Crippen LogP contribution is 2.32. The van der Waals surface area contributed by atoms with Crippen molar-refractivity contribution in [1.82, 2.24) is 4.98 Å². The molecule has 0 bridgehead atoms. The van der Waals surface area contributed by atoms with Gasteiger partial charge in [0, 0.05) is 11.6 Å². The Kier molecular flexibility index (Phi) is 3.49. The van der Waals surface area contributed by atoms with Crippen LogP contribution in [0.2, 0.25) is 5.02 Å². The Hall–Kier alpha value is -1.81. The van der Waals surface area contributed by atoms with E-state index in [1.54, 1.807) is 18.3 Å². The molecular formula is C15H14ClFN2O. The van der Waals surface area contributed by atoms with Crippen LogP contribution in [0.25, 0.3) is 11.3 Å². The third kappa shape index (κ3) is 2.70. The van der Waals surface area contributed by atoms with Crippen LogP contribution in [-0.4, -0.2) is 18.1 Å². The molecule has 1 fully saturated rings. The number of anilines is 1. The molecule has 0 radical (unpaired) electrons. The maximum absolute atomic E-state index is 13.6. The number of aromatic nitrogens is 1. The van der Waals surface area contributed by atoms with Crippen LogP contribution in [0.3, 0.4) is 0 Å². The summed E-state index contributed by atoms with van der Waals surface area (Å²) in [5, 5.41) is 3.39. The third-order valence-electron chi connectivity index (χ3n) is 3.22. The predicted octanol–water partition coefficient (Wildman–Crippen LogP) is 4.12. The standard InChI is InChI=1S/C15H14ClFN2O/c1-20-14-7-9(6-12(16)15(14)17)13-5-4-11(8-18-13)19-10-2-3-10/h4-8,10,19H,2-3H2,1H3. The average Bonchev–Trinajstić information content (AvgIpc) is 3.26. The molecule has 1 saturated carbocycles. The van der Waals surface area contributed by atoms with E-state index in [2.05, 4.69) is 10.3 Å². The molecule has 104 valence electrons. The van der Waals surface area contributed by atoms with Crippen molar-refractivity contribution in [2.24, 2.45) is 0 Å². The van der Waals surface area contributed by atoms with Crippen molar-refractivity contribution in [2.75, 3.05) is 12.4 Å². The number of nitrogens with zero attached hydrogens (tertiary/aromatic N) is 1. The van der Waals surface area contributed by atoms with Crippen molar-refractivity contribution in [2.45, 2.75) is 18.9 Å². The van der Waals surface area contributed by atoms with Crippen molar-refractivity contribution in [3.8, 4) is 17.0 Å². The lowest BCUT2D eigenvalue weighted by Gasteiger charge is -2.08. The second-order valence-corrected chi connectivity index (χ2v) is 5.23. The number of pyridine rings is 1. The second kappa shape index (κ2) is 5.29. The van der Waals surface area contributed by atoms with Gasteiger partial charge >= 0.3 is 0 Å². The topological polar surface area (TPSA) is 34.1 Å². The quantitative estimate of drug-likeness (QED) is 0.920. The maximum Gasteiger partial charge on any atom is 0.183 e. The zero-order chi connectivity index (χ0) is 14.1.